The Labute approximate surface area is 247 Å². The molecule has 1 atom stereocenters. The smallest absolute Gasteiger partial charge is 0.416 e. The minimum absolute atomic E-state index is 0.00683. The highest BCUT2D eigenvalue weighted by Crippen LogP contribution is 2.36. The van der Waals surface area contributed by atoms with Crippen LogP contribution in [0.4, 0.5) is 18.9 Å². The first-order valence-corrected chi connectivity index (χ1v) is 14.3. The average molecular weight is 601 g/mol. The Morgan fingerprint density at radius 1 is 0.929 bits per heavy atom. The van der Waals surface area contributed by atoms with Crippen LogP contribution in [0.15, 0.2) is 66.7 Å². The summed E-state index contributed by atoms with van der Waals surface area (Å²) in [7, 11) is 0. The van der Waals surface area contributed by atoms with Crippen LogP contribution in [0.25, 0.3) is 0 Å². The molecular formula is C32H32ClF3N2O4. The second kappa shape index (κ2) is 13.9. The quantitative estimate of drug-likeness (QED) is 0.224. The average Bonchev–Trinajstić information content (AvgIpc) is 2.97. The fourth-order valence-electron chi connectivity index (χ4n) is 5.23. The van der Waals surface area contributed by atoms with Crippen LogP contribution >= 0.6 is 11.6 Å². The standard InChI is InChI=1S/C32H32ClF3N2O4/c33-27-15-14-25(32(34,35)36)19-28(27)38-31(42)26(23-12-10-22(11-13-23)21-4-2-1-3-5-21)18-20-6-8-24(9-7-20)30(41)37-17-16-29(39)40/h6-15,19,21,26H,1-5,16-18H2,(H,37,41)(H,38,42)(H,39,40). The molecule has 0 spiro atoms. The van der Waals surface area contributed by atoms with Crippen molar-refractivity contribution in [1.82, 2.24) is 5.32 Å². The van der Waals surface area contributed by atoms with E-state index in [4.69, 9.17) is 16.7 Å². The van der Waals surface area contributed by atoms with Crippen molar-refractivity contribution in [3.8, 4) is 0 Å². The van der Waals surface area contributed by atoms with Gasteiger partial charge in [-0.3, -0.25) is 14.4 Å². The second-order valence-corrected chi connectivity index (χ2v) is 10.9. The van der Waals surface area contributed by atoms with Crippen molar-refractivity contribution in [2.45, 2.75) is 63.0 Å². The highest BCUT2D eigenvalue weighted by Gasteiger charge is 2.31. The largest absolute Gasteiger partial charge is 0.481 e. The van der Waals surface area contributed by atoms with Gasteiger partial charge in [0, 0.05) is 12.1 Å². The highest BCUT2D eigenvalue weighted by atomic mass is 35.5. The van der Waals surface area contributed by atoms with E-state index < -0.39 is 35.4 Å². The zero-order valence-electron chi connectivity index (χ0n) is 22.8. The molecule has 0 bridgehead atoms. The first kappa shape index (κ1) is 31.1. The van der Waals surface area contributed by atoms with Crippen LogP contribution in [-0.2, 0) is 22.2 Å². The number of rotatable bonds is 10. The lowest BCUT2D eigenvalue weighted by Gasteiger charge is -2.23. The SMILES string of the molecule is O=C(O)CCNC(=O)c1ccc(CC(C(=O)Nc2cc(C(F)(F)F)ccc2Cl)c2ccc(C3CCCCC3)cc2)cc1. The third kappa shape index (κ3) is 8.35. The topological polar surface area (TPSA) is 95.5 Å². The van der Waals surface area contributed by atoms with Gasteiger partial charge in [-0.25, -0.2) is 0 Å². The Morgan fingerprint density at radius 2 is 1.60 bits per heavy atom. The molecule has 3 N–H and O–H groups in total. The van der Waals surface area contributed by atoms with E-state index in [9.17, 15) is 27.6 Å². The molecule has 0 saturated heterocycles. The number of hydrogen-bond acceptors (Lipinski definition) is 3. The maximum Gasteiger partial charge on any atom is 0.416 e. The number of hydrogen-bond donors (Lipinski definition) is 3. The van der Waals surface area contributed by atoms with Gasteiger partial charge < -0.3 is 15.7 Å². The third-order valence-electron chi connectivity index (χ3n) is 7.56. The molecule has 3 aromatic carbocycles. The number of nitrogens with one attached hydrogen (secondary N) is 2. The molecule has 0 heterocycles. The van der Waals surface area contributed by atoms with Crippen LogP contribution < -0.4 is 10.6 Å². The van der Waals surface area contributed by atoms with Crippen molar-refractivity contribution in [3.63, 3.8) is 0 Å². The van der Waals surface area contributed by atoms with E-state index in [0.717, 1.165) is 36.6 Å². The third-order valence-corrected chi connectivity index (χ3v) is 7.89. The van der Waals surface area contributed by atoms with E-state index >= 15 is 0 Å². The van der Waals surface area contributed by atoms with Crippen molar-refractivity contribution in [2.75, 3.05) is 11.9 Å². The molecule has 2 amide bonds. The van der Waals surface area contributed by atoms with Gasteiger partial charge in [-0.15, -0.1) is 0 Å². The van der Waals surface area contributed by atoms with Crippen molar-refractivity contribution in [3.05, 3.63) is 99.6 Å². The summed E-state index contributed by atoms with van der Waals surface area (Å²) in [6.07, 6.45) is 1.26. The lowest BCUT2D eigenvalue weighted by atomic mass is 9.83. The van der Waals surface area contributed by atoms with Gasteiger partial charge in [0.2, 0.25) is 5.91 Å². The lowest BCUT2D eigenvalue weighted by Crippen LogP contribution is -2.26. The van der Waals surface area contributed by atoms with Crippen LogP contribution in [-0.4, -0.2) is 29.4 Å². The molecule has 222 valence electrons. The molecule has 42 heavy (non-hydrogen) atoms. The van der Waals surface area contributed by atoms with E-state index in [1.807, 2.05) is 24.3 Å². The van der Waals surface area contributed by atoms with Crippen molar-refractivity contribution in [1.29, 1.82) is 0 Å². The molecule has 1 fully saturated rings. The van der Waals surface area contributed by atoms with E-state index in [1.54, 1.807) is 24.3 Å². The highest BCUT2D eigenvalue weighted by molar-refractivity contribution is 6.33. The van der Waals surface area contributed by atoms with Crippen molar-refractivity contribution >= 4 is 35.1 Å². The molecule has 1 aliphatic rings. The summed E-state index contributed by atoms with van der Waals surface area (Å²) < 4.78 is 40.0. The first-order chi connectivity index (χ1) is 20.0. The predicted molar refractivity (Wildman–Crippen MR) is 155 cm³/mol. The second-order valence-electron chi connectivity index (χ2n) is 10.5. The van der Waals surface area contributed by atoms with Gasteiger partial charge in [0.25, 0.3) is 5.91 Å². The normalized spacial score (nSPS) is 14.7. The maximum absolute atomic E-state index is 13.6. The Bertz CT molecular complexity index is 1400. The summed E-state index contributed by atoms with van der Waals surface area (Å²) >= 11 is 6.16. The number of carbonyl (C=O) groups excluding carboxylic acids is 2. The van der Waals surface area contributed by atoms with Crippen LogP contribution in [0.2, 0.25) is 5.02 Å². The summed E-state index contributed by atoms with van der Waals surface area (Å²) in [5.74, 6) is -2.25. The minimum atomic E-state index is -4.60. The zero-order chi connectivity index (χ0) is 30.3. The summed E-state index contributed by atoms with van der Waals surface area (Å²) in [5.41, 5.74) is 1.91. The molecule has 1 saturated carbocycles. The van der Waals surface area contributed by atoms with E-state index in [0.29, 0.717) is 17.0 Å². The summed E-state index contributed by atoms with van der Waals surface area (Å²) in [5, 5.41) is 13.9. The van der Waals surface area contributed by atoms with Gasteiger partial charge in [0.1, 0.15) is 0 Å². The number of carboxylic acids is 1. The fourth-order valence-corrected chi connectivity index (χ4v) is 5.39. The summed E-state index contributed by atoms with van der Waals surface area (Å²) in [4.78, 5) is 36.6. The first-order valence-electron chi connectivity index (χ1n) is 13.9. The Morgan fingerprint density at radius 3 is 2.21 bits per heavy atom. The lowest BCUT2D eigenvalue weighted by molar-refractivity contribution is -0.138. The molecule has 1 aliphatic carbocycles. The zero-order valence-corrected chi connectivity index (χ0v) is 23.6. The van der Waals surface area contributed by atoms with Gasteiger partial charge in [0.05, 0.1) is 28.6 Å². The van der Waals surface area contributed by atoms with Crippen LogP contribution in [0.3, 0.4) is 0 Å². The molecule has 4 rings (SSSR count). The number of amides is 2. The number of anilines is 1. The van der Waals surface area contributed by atoms with Gasteiger partial charge >= 0.3 is 12.1 Å². The number of aliphatic carboxylic acids is 1. The number of benzene rings is 3. The van der Waals surface area contributed by atoms with Crippen LogP contribution in [0, 0.1) is 0 Å². The monoisotopic (exact) mass is 600 g/mol. The van der Waals surface area contributed by atoms with Gasteiger partial charge in [-0.2, -0.15) is 13.2 Å². The summed E-state index contributed by atoms with van der Waals surface area (Å²) in [6.45, 7) is -0.00683. The molecule has 0 aliphatic heterocycles. The Hall–Kier alpha value is -3.85. The Balaban J connectivity index is 1.57. The number of carboxylic acid groups (broad SMARTS) is 1. The minimum Gasteiger partial charge on any atom is -0.481 e. The van der Waals surface area contributed by atoms with E-state index in [1.165, 1.54) is 24.8 Å². The molecule has 0 aromatic heterocycles. The van der Waals surface area contributed by atoms with Gasteiger partial charge in [-0.1, -0.05) is 67.3 Å². The number of halogens is 4. The van der Waals surface area contributed by atoms with Crippen molar-refractivity contribution in [2.24, 2.45) is 0 Å². The molecule has 6 nitrogen and oxygen atoms in total. The maximum atomic E-state index is 13.6. The molecule has 1 unspecified atom stereocenters. The molecule has 0 radical (unpaired) electrons. The fraction of sp³-hybridized carbons (Fsp3) is 0.344. The molecular weight excluding hydrogens is 569 g/mol. The predicted octanol–water partition coefficient (Wildman–Crippen LogP) is 7.58. The number of carbonyl (C=O) groups is 3. The molecule has 3 aromatic rings. The van der Waals surface area contributed by atoms with Crippen LogP contribution in [0.5, 0.6) is 0 Å². The van der Waals surface area contributed by atoms with Crippen LogP contribution in [0.1, 0.15) is 83.0 Å². The summed E-state index contributed by atoms with van der Waals surface area (Å²) in [6, 6.07) is 17.2. The van der Waals surface area contributed by atoms with E-state index in [2.05, 4.69) is 10.6 Å². The van der Waals surface area contributed by atoms with Gasteiger partial charge in [-0.05, 0) is 72.2 Å². The number of alkyl halides is 3. The van der Waals surface area contributed by atoms with Gasteiger partial charge in [0.15, 0.2) is 0 Å². The van der Waals surface area contributed by atoms with Crippen molar-refractivity contribution < 1.29 is 32.7 Å². The molecule has 10 heteroatoms. The Kier molecular flexibility index (Phi) is 10.3. The van der Waals surface area contributed by atoms with E-state index in [-0.39, 0.29) is 30.1 Å².